The van der Waals surface area contributed by atoms with E-state index >= 15 is 0 Å². The Hall–Kier alpha value is -0.790. The third-order valence-electron chi connectivity index (χ3n) is 1.77. The minimum Gasteiger partial charge on any atom is -0.283 e. The van der Waals surface area contributed by atoms with Crippen molar-refractivity contribution in [3.8, 4) is 0 Å². The summed E-state index contributed by atoms with van der Waals surface area (Å²) < 4.78 is 149. The fourth-order valence-corrected chi connectivity index (χ4v) is 1.69. The standard InChI is InChI=1S/C5H2F10O3S/c6-1(3(8,9)10)2(7,19(16,17)18)4(11,12)5(13,14)15/h1H,(H,16,17,18). The van der Waals surface area contributed by atoms with E-state index in [1.54, 1.807) is 0 Å². The van der Waals surface area contributed by atoms with Gasteiger partial charge in [0.25, 0.3) is 6.17 Å². The van der Waals surface area contributed by atoms with E-state index < -0.39 is 39.6 Å². The highest BCUT2D eigenvalue weighted by Gasteiger charge is 2.84. The van der Waals surface area contributed by atoms with Gasteiger partial charge in [-0.2, -0.15) is 43.5 Å². The Morgan fingerprint density at radius 3 is 1.32 bits per heavy atom. The zero-order valence-electron chi connectivity index (χ0n) is 8.03. The maximum absolute atomic E-state index is 13.1. The van der Waals surface area contributed by atoms with Gasteiger partial charge in [0.05, 0.1) is 0 Å². The number of rotatable bonds is 3. The monoisotopic (exact) mass is 332 g/mol. The first-order valence-corrected chi connectivity index (χ1v) is 5.16. The highest BCUT2D eigenvalue weighted by atomic mass is 32.2. The first kappa shape index (κ1) is 18.2. The van der Waals surface area contributed by atoms with Gasteiger partial charge in [-0.05, 0) is 0 Å². The second-order valence-electron chi connectivity index (χ2n) is 3.10. The molecule has 0 amide bonds. The summed E-state index contributed by atoms with van der Waals surface area (Å²) in [6.07, 6.45) is -19.8. The Labute approximate surface area is 97.5 Å². The molecule has 116 valence electrons. The van der Waals surface area contributed by atoms with Crippen LogP contribution in [0.2, 0.25) is 0 Å². The van der Waals surface area contributed by atoms with Crippen molar-refractivity contribution in [2.45, 2.75) is 29.4 Å². The van der Waals surface area contributed by atoms with Crippen LogP contribution in [-0.2, 0) is 10.1 Å². The smallest absolute Gasteiger partial charge is 0.283 e. The summed E-state index contributed by atoms with van der Waals surface area (Å²) in [5.74, 6) is -7.34. The number of alkyl halides is 10. The van der Waals surface area contributed by atoms with Crippen molar-refractivity contribution in [1.29, 1.82) is 0 Å². The van der Waals surface area contributed by atoms with Gasteiger partial charge in [-0.15, -0.1) is 0 Å². The molecule has 2 unspecified atom stereocenters. The molecule has 0 aliphatic heterocycles. The first-order valence-electron chi connectivity index (χ1n) is 3.72. The molecule has 0 heterocycles. The maximum atomic E-state index is 13.1. The lowest BCUT2D eigenvalue weighted by Crippen LogP contribution is -2.66. The lowest BCUT2D eigenvalue weighted by molar-refractivity contribution is -0.336. The Bertz CT molecular complexity index is 435. The van der Waals surface area contributed by atoms with E-state index in [4.69, 9.17) is 4.55 Å². The summed E-state index contributed by atoms with van der Waals surface area (Å²) in [4.78, 5) is 0. The van der Waals surface area contributed by atoms with E-state index in [-0.39, 0.29) is 0 Å². The zero-order valence-corrected chi connectivity index (χ0v) is 8.85. The van der Waals surface area contributed by atoms with Crippen molar-refractivity contribution in [2.75, 3.05) is 0 Å². The van der Waals surface area contributed by atoms with Crippen LogP contribution in [-0.4, -0.2) is 42.4 Å². The van der Waals surface area contributed by atoms with Gasteiger partial charge in [0, 0.05) is 0 Å². The van der Waals surface area contributed by atoms with Crippen LogP contribution in [0.5, 0.6) is 0 Å². The molecule has 1 N–H and O–H groups in total. The summed E-state index contributed by atoms with van der Waals surface area (Å²) >= 11 is 0. The van der Waals surface area contributed by atoms with E-state index in [0.29, 0.717) is 0 Å². The van der Waals surface area contributed by atoms with E-state index in [1.807, 2.05) is 0 Å². The quantitative estimate of drug-likeness (QED) is 0.639. The number of halogens is 10. The Morgan fingerprint density at radius 2 is 1.16 bits per heavy atom. The highest BCUT2D eigenvalue weighted by molar-refractivity contribution is 7.87. The highest BCUT2D eigenvalue weighted by Crippen LogP contribution is 2.53. The third kappa shape index (κ3) is 2.73. The predicted molar refractivity (Wildman–Crippen MR) is 37.3 cm³/mol. The molecule has 2 atom stereocenters. The lowest BCUT2D eigenvalue weighted by atomic mass is 10.1. The molecule has 0 bridgehead atoms. The van der Waals surface area contributed by atoms with E-state index in [2.05, 4.69) is 0 Å². The molecule has 0 aliphatic rings. The molecule has 0 radical (unpaired) electrons. The second-order valence-corrected chi connectivity index (χ2v) is 4.64. The van der Waals surface area contributed by atoms with Crippen LogP contribution in [0, 0.1) is 0 Å². The first-order chi connectivity index (χ1) is 7.90. The molecule has 0 rings (SSSR count). The van der Waals surface area contributed by atoms with E-state index in [0.717, 1.165) is 0 Å². The topological polar surface area (TPSA) is 54.4 Å². The van der Waals surface area contributed by atoms with Crippen LogP contribution < -0.4 is 0 Å². The van der Waals surface area contributed by atoms with Crippen molar-refractivity contribution in [2.24, 2.45) is 0 Å². The summed E-state index contributed by atoms with van der Waals surface area (Å²) in [5, 5.41) is -6.96. The van der Waals surface area contributed by atoms with Gasteiger partial charge in [0.2, 0.25) is 0 Å². The van der Waals surface area contributed by atoms with Crippen LogP contribution in [0.25, 0.3) is 0 Å². The van der Waals surface area contributed by atoms with Gasteiger partial charge < -0.3 is 0 Å². The van der Waals surface area contributed by atoms with Crippen LogP contribution in [0.3, 0.4) is 0 Å². The molecule has 14 heteroatoms. The predicted octanol–water partition coefficient (Wildman–Crippen LogP) is 2.64. The van der Waals surface area contributed by atoms with Crippen molar-refractivity contribution in [3.05, 3.63) is 0 Å². The van der Waals surface area contributed by atoms with Crippen molar-refractivity contribution >= 4 is 10.1 Å². The average molecular weight is 332 g/mol. The summed E-state index contributed by atoms with van der Waals surface area (Å²) in [6.45, 7) is 0. The summed E-state index contributed by atoms with van der Waals surface area (Å²) in [5.41, 5.74) is 0. The fraction of sp³-hybridized carbons (Fsp3) is 1.00. The molecule has 0 saturated carbocycles. The molecule has 0 aromatic carbocycles. The van der Waals surface area contributed by atoms with Crippen molar-refractivity contribution in [1.82, 2.24) is 0 Å². The zero-order chi connectivity index (χ0) is 16.1. The molecule has 0 aromatic heterocycles. The molecular formula is C5H2F10O3S. The van der Waals surface area contributed by atoms with Crippen molar-refractivity contribution in [3.63, 3.8) is 0 Å². The summed E-state index contributed by atoms with van der Waals surface area (Å²) in [7, 11) is -7.42. The lowest BCUT2D eigenvalue weighted by Gasteiger charge is -2.34. The largest absolute Gasteiger partial charge is 0.458 e. The van der Waals surface area contributed by atoms with Gasteiger partial charge in [0.1, 0.15) is 0 Å². The molecule has 0 aromatic rings. The van der Waals surface area contributed by atoms with Crippen LogP contribution in [0.15, 0.2) is 0 Å². The molecule has 19 heavy (non-hydrogen) atoms. The Morgan fingerprint density at radius 1 is 0.842 bits per heavy atom. The van der Waals surface area contributed by atoms with Crippen molar-refractivity contribution < 1.29 is 56.9 Å². The normalized spacial score (nSPS) is 19.9. The van der Waals surface area contributed by atoms with Gasteiger partial charge in [0.15, 0.2) is 0 Å². The average Bonchev–Trinajstić information content (AvgIpc) is 2.09. The SMILES string of the molecule is O=S(=O)(O)C(F)(C(F)C(F)(F)F)C(F)(F)C(F)(F)F. The number of hydrogen-bond donors (Lipinski definition) is 1. The molecule has 0 aliphatic carbocycles. The minimum absolute atomic E-state index is 5.83. The molecule has 0 saturated heterocycles. The Balaban J connectivity index is 6.31. The van der Waals surface area contributed by atoms with Gasteiger partial charge in [-0.3, -0.25) is 4.55 Å². The van der Waals surface area contributed by atoms with E-state index in [9.17, 15) is 52.3 Å². The maximum Gasteiger partial charge on any atom is 0.458 e. The van der Waals surface area contributed by atoms with E-state index in [1.165, 1.54) is 0 Å². The third-order valence-corrected chi connectivity index (χ3v) is 2.99. The molecule has 0 spiro atoms. The summed E-state index contributed by atoms with van der Waals surface area (Å²) in [6, 6.07) is 0. The Kier molecular flexibility index (Phi) is 4.18. The molecule has 0 fully saturated rings. The second kappa shape index (κ2) is 4.36. The van der Waals surface area contributed by atoms with Gasteiger partial charge in [-0.25, -0.2) is 8.78 Å². The number of hydrogen-bond acceptors (Lipinski definition) is 2. The van der Waals surface area contributed by atoms with Crippen LogP contribution in [0.4, 0.5) is 43.9 Å². The fourth-order valence-electron chi connectivity index (χ4n) is 0.856. The minimum atomic E-state index is -7.42. The molecular weight excluding hydrogens is 330 g/mol. The molecule has 3 nitrogen and oxygen atoms in total. The van der Waals surface area contributed by atoms with Crippen LogP contribution >= 0.6 is 0 Å². The van der Waals surface area contributed by atoms with Gasteiger partial charge in [-0.1, -0.05) is 0 Å². The van der Waals surface area contributed by atoms with Crippen LogP contribution in [0.1, 0.15) is 0 Å². The van der Waals surface area contributed by atoms with Gasteiger partial charge >= 0.3 is 33.4 Å².